The number of nitro benzene ring substituents is 1. The van der Waals surface area contributed by atoms with E-state index in [1.54, 1.807) is 12.1 Å². The Morgan fingerprint density at radius 2 is 2.00 bits per heavy atom. The second-order valence-corrected chi connectivity index (χ2v) is 5.79. The molecule has 7 heteroatoms. The molecule has 0 aliphatic carbocycles. The second-order valence-electron chi connectivity index (χ2n) is 5.79. The zero-order valence-electron chi connectivity index (χ0n) is 13.2. The zero-order chi connectivity index (χ0) is 16.8. The van der Waals surface area contributed by atoms with Crippen molar-refractivity contribution in [3.8, 4) is 0 Å². The molecule has 7 nitrogen and oxygen atoms in total. The summed E-state index contributed by atoms with van der Waals surface area (Å²) in [5, 5.41) is 20.8. The van der Waals surface area contributed by atoms with Gasteiger partial charge in [0.15, 0.2) is 0 Å². The number of non-ortho nitro benzene ring substituents is 1. The summed E-state index contributed by atoms with van der Waals surface area (Å²) in [6.07, 6.45) is 1.47. The van der Waals surface area contributed by atoms with E-state index >= 15 is 0 Å². The summed E-state index contributed by atoms with van der Waals surface area (Å²) in [5.41, 5.74) is 0.700. The van der Waals surface area contributed by atoms with Crippen LogP contribution in [0.25, 0.3) is 0 Å². The van der Waals surface area contributed by atoms with Crippen molar-refractivity contribution >= 4 is 11.7 Å². The second kappa shape index (κ2) is 8.03. The summed E-state index contributed by atoms with van der Waals surface area (Å²) < 4.78 is 4.76. The van der Waals surface area contributed by atoms with Gasteiger partial charge in [0.1, 0.15) is 0 Å². The van der Waals surface area contributed by atoms with E-state index in [2.05, 4.69) is 4.90 Å². The van der Waals surface area contributed by atoms with Crippen LogP contribution in [-0.2, 0) is 9.53 Å². The first-order chi connectivity index (χ1) is 11.0. The van der Waals surface area contributed by atoms with Crippen LogP contribution in [0.3, 0.4) is 0 Å². The number of nitrogens with zero attached hydrogens (tertiary/aromatic N) is 2. The molecule has 0 radical (unpaired) electrons. The molecule has 23 heavy (non-hydrogen) atoms. The maximum absolute atomic E-state index is 11.5. The van der Waals surface area contributed by atoms with E-state index in [4.69, 9.17) is 4.74 Å². The predicted octanol–water partition coefficient (Wildman–Crippen LogP) is 1.90. The highest BCUT2D eigenvalue weighted by Gasteiger charge is 2.25. The molecule has 0 saturated carbocycles. The number of hydrogen-bond acceptors (Lipinski definition) is 6. The molecule has 1 atom stereocenters. The third-order valence-electron chi connectivity index (χ3n) is 4.33. The number of esters is 1. The van der Waals surface area contributed by atoms with Crippen LogP contribution in [0.4, 0.5) is 5.69 Å². The minimum absolute atomic E-state index is 0.0177. The van der Waals surface area contributed by atoms with Crippen molar-refractivity contribution in [3.05, 3.63) is 39.9 Å². The largest absolute Gasteiger partial charge is 0.469 e. The number of benzene rings is 1. The Morgan fingerprint density at radius 1 is 1.39 bits per heavy atom. The number of aliphatic hydroxyl groups is 1. The van der Waals surface area contributed by atoms with Gasteiger partial charge in [-0.05, 0) is 50.0 Å². The van der Waals surface area contributed by atoms with Crippen molar-refractivity contribution < 1.29 is 19.6 Å². The highest BCUT2D eigenvalue weighted by Crippen LogP contribution is 2.23. The van der Waals surface area contributed by atoms with Gasteiger partial charge in [-0.15, -0.1) is 0 Å². The topological polar surface area (TPSA) is 92.9 Å². The summed E-state index contributed by atoms with van der Waals surface area (Å²) in [4.78, 5) is 23.8. The first-order valence-corrected chi connectivity index (χ1v) is 7.74. The zero-order valence-corrected chi connectivity index (χ0v) is 13.2. The van der Waals surface area contributed by atoms with Crippen LogP contribution >= 0.6 is 0 Å². The van der Waals surface area contributed by atoms with E-state index in [1.165, 1.54) is 19.2 Å². The Hall–Kier alpha value is -1.99. The van der Waals surface area contributed by atoms with Gasteiger partial charge in [0.05, 0.1) is 24.1 Å². The Kier molecular flexibility index (Phi) is 6.06. The van der Waals surface area contributed by atoms with Crippen LogP contribution in [0, 0.1) is 16.0 Å². The highest BCUT2D eigenvalue weighted by molar-refractivity contribution is 5.72. The Labute approximate surface area is 135 Å². The van der Waals surface area contributed by atoms with E-state index in [0.29, 0.717) is 12.0 Å². The maximum Gasteiger partial charge on any atom is 0.308 e. The molecule has 0 amide bonds. The van der Waals surface area contributed by atoms with Gasteiger partial charge in [0.2, 0.25) is 0 Å². The summed E-state index contributed by atoms with van der Waals surface area (Å²) in [5.74, 6) is -0.161. The summed E-state index contributed by atoms with van der Waals surface area (Å²) in [6, 6.07) is 5.99. The SMILES string of the molecule is COC(=O)C1CCN(CCC(O)c2ccc([N+](=O)[O-])cc2)CC1. The predicted molar refractivity (Wildman–Crippen MR) is 83.9 cm³/mol. The van der Waals surface area contributed by atoms with Crippen molar-refractivity contribution in [1.29, 1.82) is 0 Å². The lowest BCUT2D eigenvalue weighted by molar-refractivity contribution is -0.384. The molecule has 1 unspecified atom stereocenters. The van der Waals surface area contributed by atoms with Crippen molar-refractivity contribution in [2.75, 3.05) is 26.7 Å². The molecule has 1 aromatic carbocycles. The number of hydrogen-bond donors (Lipinski definition) is 1. The fourth-order valence-corrected chi connectivity index (χ4v) is 2.85. The molecule has 1 N–H and O–H groups in total. The van der Waals surface area contributed by atoms with Gasteiger partial charge in [0.25, 0.3) is 5.69 Å². The number of methoxy groups -OCH3 is 1. The minimum atomic E-state index is -0.644. The van der Waals surface area contributed by atoms with E-state index < -0.39 is 11.0 Å². The van der Waals surface area contributed by atoms with E-state index in [1.807, 2.05) is 0 Å². The Bertz CT molecular complexity index is 538. The first kappa shape index (κ1) is 17.4. The lowest BCUT2D eigenvalue weighted by atomic mass is 9.96. The Balaban J connectivity index is 1.77. The molecule has 0 aromatic heterocycles. The van der Waals surface area contributed by atoms with Crippen LogP contribution < -0.4 is 0 Å². The summed E-state index contributed by atoms with van der Waals surface area (Å²) >= 11 is 0. The fourth-order valence-electron chi connectivity index (χ4n) is 2.85. The Morgan fingerprint density at radius 3 is 2.52 bits per heavy atom. The number of piperidine rings is 1. The third-order valence-corrected chi connectivity index (χ3v) is 4.33. The van der Waals surface area contributed by atoms with Crippen molar-refractivity contribution in [2.45, 2.75) is 25.4 Å². The van der Waals surface area contributed by atoms with Crippen LogP contribution in [0.15, 0.2) is 24.3 Å². The number of carbonyl (C=O) groups is 1. The molecular formula is C16H22N2O5. The maximum atomic E-state index is 11.5. The molecule has 1 saturated heterocycles. The van der Waals surface area contributed by atoms with Gasteiger partial charge in [-0.25, -0.2) is 0 Å². The van der Waals surface area contributed by atoms with Crippen LogP contribution in [-0.4, -0.2) is 47.6 Å². The van der Waals surface area contributed by atoms with Gasteiger partial charge < -0.3 is 14.7 Å². The summed E-state index contributed by atoms with van der Waals surface area (Å²) in [7, 11) is 1.41. The van der Waals surface area contributed by atoms with Crippen molar-refractivity contribution in [3.63, 3.8) is 0 Å². The standard InChI is InChI=1S/C16H22N2O5/c1-23-16(20)13-6-9-17(10-7-13)11-8-15(19)12-2-4-14(5-3-12)18(21)22/h2-5,13,15,19H,6-11H2,1H3. The van der Waals surface area contributed by atoms with E-state index in [9.17, 15) is 20.0 Å². The number of likely N-dealkylation sites (tertiary alicyclic amines) is 1. The molecule has 1 aromatic rings. The number of nitro groups is 1. The van der Waals surface area contributed by atoms with Crippen LogP contribution in [0.1, 0.15) is 30.9 Å². The van der Waals surface area contributed by atoms with Crippen molar-refractivity contribution in [1.82, 2.24) is 4.90 Å². The first-order valence-electron chi connectivity index (χ1n) is 7.74. The van der Waals surface area contributed by atoms with Gasteiger partial charge in [-0.2, -0.15) is 0 Å². The molecule has 2 rings (SSSR count). The lowest BCUT2D eigenvalue weighted by Gasteiger charge is -2.31. The molecule has 126 valence electrons. The van der Waals surface area contributed by atoms with Gasteiger partial charge in [0, 0.05) is 18.7 Å². The van der Waals surface area contributed by atoms with Crippen molar-refractivity contribution in [2.24, 2.45) is 5.92 Å². The molecule has 0 spiro atoms. The normalized spacial score (nSPS) is 17.7. The van der Waals surface area contributed by atoms with Gasteiger partial charge in [-0.3, -0.25) is 14.9 Å². The smallest absolute Gasteiger partial charge is 0.308 e. The molecule has 1 aliphatic heterocycles. The molecular weight excluding hydrogens is 300 g/mol. The quantitative estimate of drug-likeness (QED) is 0.488. The van der Waals surface area contributed by atoms with Gasteiger partial charge >= 0.3 is 5.97 Å². The number of carbonyl (C=O) groups excluding carboxylic acids is 1. The fraction of sp³-hybridized carbons (Fsp3) is 0.562. The lowest BCUT2D eigenvalue weighted by Crippen LogP contribution is -2.37. The number of rotatable bonds is 6. The van der Waals surface area contributed by atoms with E-state index in [-0.39, 0.29) is 17.6 Å². The molecule has 1 aliphatic rings. The van der Waals surface area contributed by atoms with Gasteiger partial charge in [-0.1, -0.05) is 0 Å². The number of ether oxygens (including phenoxy) is 1. The van der Waals surface area contributed by atoms with Crippen LogP contribution in [0.2, 0.25) is 0 Å². The van der Waals surface area contributed by atoms with E-state index in [0.717, 1.165) is 32.5 Å². The summed E-state index contributed by atoms with van der Waals surface area (Å²) in [6.45, 7) is 2.35. The average Bonchev–Trinajstić information content (AvgIpc) is 2.59. The monoisotopic (exact) mass is 322 g/mol. The molecule has 1 fully saturated rings. The minimum Gasteiger partial charge on any atom is -0.469 e. The molecule has 0 bridgehead atoms. The average molecular weight is 322 g/mol. The van der Waals surface area contributed by atoms with Crippen LogP contribution in [0.5, 0.6) is 0 Å². The number of aliphatic hydroxyl groups excluding tert-OH is 1. The molecule has 1 heterocycles. The highest BCUT2D eigenvalue weighted by atomic mass is 16.6. The third kappa shape index (κ3) is 4.74.